The van der Waals surface area contributed by atoms with Crippen LogP contribution in [0.15, 0.2) is 47.1 Å². The van der Waals surface area contributed by atoms with E-state index in [1.54, 1.807) is 12.1 Å². The van der Waals surface area contributed by atoms with Crippen LogP contribution in [-0.4, -0.2) is 12.4 Å². The highest BCUT2D eigenvalue weighted by Crippen LogP contribution is 2.13. The monoisotopic (exact) mass is 230 g/mol. The molecule has 1 aromatic heterocycles. The zero-order valence-electron chi connectivity index (χ0n) is 9.68. The number of carbonyl (C=O) groups excluding carboxylic acids is 1. The third-order valence-electron chi connectivity index (χ3n) is 2.50. The van der Waals surface area contributed by atoms with E-state index < -0.39 is 0 Å². The molecule has 2 aromatic rings. The van der Waals surface area contributed by atoms with Crippen molar-refractivity contribution in [2.75, 3.05) is 6.61 Å². The number of ether oxygens (including phenoxy) is 1. The van der Waals surface area contributed by atoms with Gasteiger partial charge in [-0.15, -0.1) is 0 Å². The summed E-state index contributed by atoms with van der Waals surface area (Å²) in [5, 5.41) is 0. The summed E-state index contributed by atoms with van der Waals surface area (Å²) in [5.41, 5.74) is 1.25. The lowest BCUT2D eigenvalue weighted by atomic mass is 10.2. The Labute approximate surface area is 100 Å². The molecule has 0 aliphatic rings. The Morgan fingerprint density at radius 3 is 2.59 bits per heavy atom. The number of carbonyl (C=O) groups is 1. The molecule has 0 saturated carbocycles. The van der Waals surface area contributed by atoms with Gasteiger partial charge in [-0.05, 0) is 36.2 Å². The average molecular weight is 230 g/mol. The van der Waals surface area contributed by atoms with E-state index in [-0.39, 0.29) is 12.4 Å². The van der Waals surface area contributed by atoms with Gasteiger partial charge in [0.2, 0.25) is 5.78 Å². The van der Waals surface area contributed by atoms with Crippen molar-refractivity contribution >= 4 is 5.78 Å². The van der Waals surface area contributed by atoms with Crippen LogP contribution in [0, 0.1) is 0 Å². The Bertz CT molecular complexity index is 469. The Morgan fingerprint density at radius 2 is 2.00 bits per heavy atom. The smallest absolute Gasteiger partial charge is 0.235 e. The molecule has 2 rings (SSSR count). The fourth-order valence-corrected chi connectivity index (χ4v) is 1.48. The number of aryl methyl sites for hydroxylation is 1. The van der Waals surface area contributed by atoms with Crippen molar-refractivity contribution < 1.29 is 13.9 Å². The lowest BCUT2D eigenvalue weighted by Crippen LogP contribution is -2.10. The van der Waals surface area contributed by atoms with Crippen LogP contribution in [0.2, 0.25) is 0 Å². The minimum Gasteiger partial charge on any atom is -0.485 e. The van der Waals surface area contributed by atoms with E-state index in [2.05, 4.69) is 6.92 Å². The highest BCUT2D eigenvalue weighted by molar-refractivity contribution is 5.94. The second kappa shape index (κ2) is 5.34. The molecule has 1 heterocycles. The first kappa shape index (κ1) is 11.5. The van der Waals surface area contributed by atoms with Gasteiger partial charge in [-0.3, -0.25) is 4.79 Å². The zero-order chi connectivity index (χ0) is 12.1. The highest BCUT2D eigenvalue weighted by atomic mass is 16.5. The number of furan rings is 1. The van der Waals surface area contributed by atoms with Crippen molar-refractivity contribution in [3.63, 3.8) is 0 Å². The van der Waals surface area contributed by atoms with Crippen LogP contribution < -0.4 is 4.74 Å². The summed E-state index contributed by atoms with van der Waals surface area (Å²) in [4.78, 5) is 11.6. The van der Waals surface area contributed by atoms with Gasteiger partial charge in [-0.25, -0.2) is 0 Å². The lowest BCUT2D eigenvalue weighted by Gasteiger charge is -2.04. The second-order valence-electron chi connectivity index (χ2n) is 3.69. The van der Waals surface area contributed by atoms with Crippen LogP contribution >= 0.6 is 0 Å². The molecule has 17 heavy (non-hydrogen) atoms. The molecule has 0 bridgehead atoms. The molecule has 0 N–H and O–H groups in total. The standard InChI is InChI=1S/C14H14O3/c1-2-11-5-7-12(8-6-11)17-10-13(15)14-4-3-9-16-14/h3-9H,2,10H2,1H3. The molecule has 3 heteroatoms. The van der Waals surface area contributed by atoms with Crippen LogP contribution in [0.1, 0.15) is 23.0 Å². The summed E-state index contributed by atoms with van der Waals surface area (Å²) in [7, 11) is 0. The van der Waals surface area contributed by atoms with Crippen LogP contribution in [0.5, 0.6) is 5.75 Å². The summed E-state index contributed by atoms with van der Waals surface area (Å²) in [6.07, 6.45) is 2.47. The van der Waals surface area contributed by atoms with Gasteiger partial charge in [0.25, 0.3) is 0 Å². The van der Waals surface area contributed by atoms with E-state index in [4.69, 9.17) is 9.15 Å². The molecule has 0 aliphatic heterocycles. The molecular formula is C14H14O3. The predicted octanol–water partition coefficient (Wildman–Crippen LogP) is 3.10. The summed E-state index contributed by atoms with van der Waals surface area (Å²) in [6, 6.07) is 11.0. The van der Waals surface area contributed by atoms with E-state index in [1.165, 1.54) is 11.8 Å². The van der Waals surface area contributed by atoms with E-state index in [0.717, 1.165) is 6.42 Å². The van der Waals surface area contributed by atoms with Gasteiger partial charge >= 0.3 is 0 Å². The number of hydrogen-bond donors (Lipinski definition) is 0. The van der Waals surface area contributed by atoms with Crippen molar-refractivity contribution in [2.24, 2.45) is 0 Å². The van der Waals surface area contributed by atoms with Gasteiger partial charge in [-0.1, -0.05) is 19.1 Å². The first-order valence-electron chi connectivity index (χ1n) is 5.58. The van der Waals surface area contributed by atoms with Crippen molar-refractivity contribution in [3.8, 4) is 5.75 Å². The molecule has 0 radical (unpaired) electrons. The fourth-order valence-electron chi connectivity index (χ4n) is 1.48. The summed E-state index contributed by atoms with van der Waals surface area (Å²) < 4.78 is 10.4. The van der Waals surface area contributed by atoms with E-state index in [9.17, 15) is 4.79 Å². The second-order valence-corrected chi connectivity index (χ2v) is 3.69. The highest BCUT2D eigenvalue weighted by Gasteiger charge is 2.09. The fraction of sp³-hybridized carbons (Fsp3) is 0.214. The maximum atomic E-state index is 11.6. The Kier molecular flexibility index (Phi) is 3.60. The topological polar surface area (TPSA) is 39.4 Å². The quantitative estimate of drug-likeness (QED) is 0.741. The van der Waals surface area contributed by atoms with E-state index in [0.29, 0.717) is 11.5 Å². The van der Waals surface area contributed by atoms with Gasteiger partial charge in [0, 0.05) is 0 Å². The van der Waals surface area contributed by atoms with Crippen LogP contribution in [0.3, 0.4) is 0 Å². The Hall–Kier alpha value is -2.03. The normalized spacial score (nSPS) is 10.2. The molecule has 88 valence electrons. The van der Waals surface area contributed by atoms with Crippen LogP contribution in [0.4, 0.5) is 0 Å². The zero-order valence-corrected chi connectivity index (χ0v) is 9.68. The van der Waals surface area contributed by atoms with Gasteiger partial charge in [0.05, 0.1) is 6.26 Å². The average Bonchev–Trinajstić information content (AvgIpc) is 2.90. The number of ketones is 1. The summed E-state index contributed by atoms with van der Waals surface area (Å²) in [6.45, 7) is 2.09. The van der Waals surface area contributed by atoms with Gasteiger partial charge in [0.1, 0.15) is 5.75 Å². The molecule has 1 aromatic carbocycles. The van der Waals surface area contributed by atoms with E-state index >= 15 is 0 Å². The number of rotatable bonds is 5. The molecule has 0 saturated heterocycles. The van der Waals surface area contributed by atoms with Gasteiger partial charge < -0.3 is 9.15 Å². The number of Topliss-reactive ketones (excluding diaryl/α,β-unsaturated/α-hetero) is 1. The maximum absolute atomic E-state index is 11.6. The predicted molar refractivity (Wildman–Crippen MR) is 64.4 cm³/mol. The molecule has 0 fully saturated rings. The maximum Gasteiger partial charge on any atom is 0.235 e. The number of benzene rings is 1. The first-order chi connectivity index (χ1) is 8.29. The summed E-state index contributed by atoms with van der Waals surface area (Å²) in [5.74, 6) is 0.867. The SMILES string of the molecule is CCc1ccc(OCC(=O)c2ccco2)cc1. The third kappa shape index (κ3) is 2.97. The van der Waals surface area contributed by atoms with E-state index in [1.807, 2.05) is 24.3 Å². The molecule has 0 amide bonds. The molecule has 0 unspecified atom stereocenters. The molecular weight excluding hydrogens is 216 g/mol. The number of hydrogen-bond acceptors (Lipinski definition) is 3. The van der Waals surface area contributed by atoms with Gasteiger partial charge in [0.15, 0.2) is 12.4 Å². The minimum atomic E-state index is -0.158. The minimum absolute atomic E-state index is 0.00101. The van der Waals surface area contributed by atoms with Crippen molar-refractivity contribution in [3.05, 3.63) is 54.0 Å². The lowest BCUT2D eigenvalue weighted by molar-refractivity contribution is 0.0894. The first-order valence-corrected chi connectivity index (χ1v) is 5.58. The molecule has 0 spiro atoms. The van der Waals surface area contributed by atoms with Crippen molar-refractivity contribution in [1.82, 2.24) is 0 Å². The molecule has 0 atom stereocenters. The Balaban J connectivity index is 1.91. The van der Waals surface area contributed by atoms with Crippen molar-refractivity contribution in [1.29, 1.82) is 0 Å². The summed E-state index contributed by atoms with van der Waals surface area (Å²) >= 11 is 0. The van der Waals surface area contributed by atoms with Crippen LogP contribution in [-0.2, 0) is 6.42 Å². The third-order valence-corrected chi connectivity index (χ3v) is 2.50. The van der Waals surface area contributed by atoms with Crippen molar-refractivity contribution in [2.45, 2.75) is 13.3 Å². The molecule has 0 aliphatic carbocycles. The largest absolute Gasteiger partial charge is 0.485 e. The van der Waals surface area contributed by atoms with Gasteiger partial charge in [-0.2, -0.15) is 0 Å². The van der Waals surface area contributed by atoms with Crippen LogP contribution in [0.25, 0.3) is 0 Å². The molecule has 3 nitrogen and oxygen atoms in total. The Morgan fingerprint density at radius 1 is 1.24 bits per heavy atom.